The van der Waals surface area contributed by atoms with Crippen LogP contribution in [0.2, 0.25) is 0 Å². The van der Waals surface area contributed by atoms with Gasteiger partial charge in [-0.05, 0) is 30.3 Å². The van der Waals surface area contributed by atoms with Crippen molar-refractivity contribution in [1.82, 2.24) is 19.9 Å². The maximum Gasteiger partial charge on any atom is 0.330 e. The molecule has 0 atom stereocenters. The third-order valence-corrected chi connectivity index (χ3v) is 3.33. The topological polar surface area (TPSA) is 110 Å². The van der Waals surface area contributed by atoms with E-state index in [2.05, 4.69) is 15.3 Å². The van der Waals surface area contributed by atoms with Crippen molar-refractivity contribution < 1.29 is 9.21 Å². The number of nitrogens with zero attached hydrogens (tertiary/aromatic N) is 2. The van der Waals surface area contributed by atoms with Crippen LogP contribution in [-0.4, -0.2) is 27.0 Å². The van der Waals surface area contributed by atoms with Crippen molar-refractivity contribution in [3.8, 4) is 0 Å². The number of carbonyl (C=O) groups excluding carboxylic acids is 1. The standard InChI is InChI=1S/C16H14N4O4/c21-13(6-5-11-3-2-10-24-11)17-8-9-20-15(22)12-4-1-7-18-14(12)19-16(20)23/h1-7,10H,8-9H2,(H,17,21)(H,18,19,23)/b6-5+. The van der Waals surface area contributed by atoms with E-state index in [0.29, 0.717) is 11.1 Å². The van der Waals surface area contributed by atoms with Gasteiger partial charge in [-0.15, -0.1) is 0 Å². The first-order chi connectivity index (χ1) is 11.6. The van der Waals surface area contributed by atoms with Gasteiger partial charge >= 0.3 is 5.69 Å². The zero-order valence-electron chi connectivity index (χ0n) is 12.6. The molecular weight excluding hydrogens is 312 g/mol. The molecule has 0 radical (unpaired) electrons. The summed E-state index contributed by atoms with van der Waals surface area (Å²) < 4.78 is 6.09. The lowest BCUT2D eigenvalue weighted by Crippen LogP contribution is -2.39. The van der Waals surface area contributed by atoms with E-state index in [4.69, 9.17) is 4.42 Å². The van der Waals surface area contributed by atoms with Crippen LogP contribution in [0.1, 0.15) is 5.76 Å². The SMILES string of the molecule is O=C(/C=C/c1ccco1)NCCn1c(=O)[nH]c2ncccc2c1=O. The predicted octanol–water partition coefficient (Wildman–Crippen LogP) is 0.507. The molecule has 3 aromatic rings. The summed E-state index contributed by atoms with van der Waals surface area (Å²) in [6.07, 6.45) is 5.84. The van der Waals surface area contributed by atoms with Gasteiger partial charge in [0.25, 0.3) is 5.56 Å². The van der Waals surface area contributed by atoms with Gasteiger partial charge in [0.1, 0.15) is 11.4 Å². The lowest BCUT2D eigenvalue weighted by Gasteiger charge is -2.06. The van der Waals surface area contributed by atoms with E-state index in [1.54, 1.807) is 24.3 Å². The Morgan fingerprint density at radius 2 is 2.21 bits per heavy atom. The highest BCUT2D eigenvalue weighted by atomic mass is 16.3. The van der Waals surface area contributed by atoms with Crippen molar-refractivity contribution in [3.63, 3.8) is 0 Å². The Morgan fingerprint density at radius 1 is 1.33 bits per heavy atom. The van der Waals surface area contributed by atoms with Crippen molar-refractivity contribution >= 4 is 23.0 Å². The third-order valence-electron chi connectivity index (χ3n) is 3.33. The van der Waals surface area contributed by atoms with Crippen molar-refractivity contribution in [2.45, 2.75) is 6.54 Å². The quantitative estimate of drug-likeness (QED) is 0.664. The van der Waals surface area contributed by atoms with Gasteiger partial charge in [-0.25, -0.2) is 9.78 Å². The van der Waals surface area contributed by atoms with E-state index in [-0.39, 0.29) is 24.6 Å². The van der Waals surface area contributed by atoms with Crippen LogP contribution in [0.4, 0.5) is 0 Å². The molecule has 2 N–H and O–H groups in total. The molecule has 3 heterocycles. The normalized spacial score (nSPS) is 11.2. The minimum absolute atomic E-state index is 0.0549. The number of hydrogen-bond donors (Lipinski definition) is 2. The van der Waals surface area contributed by atoms with Crippen LogP contribution in [0.3, 0.4) is 0 Å². The van der Waals surface area contributed by atoms with Crippen LogP contribution in [0.5, 0.6) is 0 Å². The molecule has 1 amide bonds. The first-order valence-electron chi connectivity index (χ1n) is 7.22. The van der Waals surface area contributed by atoms with Crippen LogP contribution < -0.4 is 16.6 Å². The van der Waals surface area contributed by atoms with Crippen LogP contribution in [0, 0.1) is 0 Å². The summed E-state index contributed by atoms with van der Waals surface area (Å²) >= 11 is 0. The molecule has 0 unspecified atom stereocenters. The smallest absolute Gasteiger partial charge is 0.330 e. The summed E-state index contributed by atoms with van der Waals surface area (Å²) in [5.41, 5.74) is -0.761. The van der Waals surface area contributed by atoms with Gasteiger partial charge in [0.05, 0.1) is 11.6 Å². The van der Waals surface area contributed by atoms with Gasteiger partial charge in [0.2, 0.25) is 5.91 Å². The Hall–Kier alpha value is -3.42. The molecule has 3 aromatic heterocycles. The lowest BCUT2D eigenvalue weighted by molar-refractivity contribution is -0.116. The second-order valence-electron chi connectivity index (χ2n) is 4.93. The van der Waals surface area contributed by atoms with Gasteiger partial charge in [-0.1, -0.05) is 0 Å². The summed E-state index contributed by atoms with van der Waals surface area (Å²) in [5, 5.41) is 2.92. The molecule has 0 saturated carbocycles. The number of H-pyrrole nitrogens is 1. The van der Waals surface area contributed by atoms with Gasteiger partial charge < -0.3 is 9.73 Å². The average Bonchev–Trinajstić information content (AvgIpc) is 3.09. The summed E-state index contributed by atoms with van der Waals surface area (Å²) in [6, 6.07) is 6.63. The molecule has 0 bridgehead atoms. The van der Waals surface area contributed by atoms with Crippen LogP contribution in [-0.2, 0) is 11.3 Å². The zero-order chi connectivity index (χ0) is 16.9. The molecule has 8 nitrogen and oxygen atoms in total. The number of pyridine rings is 1. The number of fused-ring (bicyclic) bond motifs is 1. The molecule has 0 aliphatic rings. The van der Waals surface area contributed by atoms with E-state index in [1.165, 1.54) is 24.6 Å². The average molecular weight is 326 g/mol. The fraction of sp³-hybridized carbons (Fsp3) is 0.125. The Bertz CT molecular complexity index is 999. The molecular formula is C16H14N4O4. The number of aromatic nitrogens is 3. The maximum absolute atomic E-state index is 12.3. The summed E-state index contributed by atoms with van der Waals surface area (Å²) in [5.74, 6) is 0.207. The minimum Gasteiger partial charge on any atom is -0.465 e. The van der Waals surface area contributed by atoms with E-state index in [9.17, 15) is 14.4 Å². The Kier molecular flexibility index (Phi) is 4.37. The monoisotopic (exact) mass is 326 g/mol. The number of amides is 1. The van der Waals surface area contributed by atoms with Crippen LogP contribution in [0.25, 0.3) is 17.1 Å². The van der Waals surface area contributed by atoms with Crippen molar-refractivity contribution in [3.05, 3.63) is 69.4 Å². The first kappa shape index (κ1) is 15.5. The molecule has 0 aliphatic carbocycles. The fourth-order valence-electron chi connectivity index (χ4n) is 2.18. The molecule has 8 heteroatoms. The van der Waals surface area contributed by atoms with Gasteiger partial charge in [0, 0.05) is 25.4 Å². The summed E-state index contributed by atoms with van der Waals surface area (Å²) in [7, 11) is 0. The highest BCUT2D eigenvalue weighted by Crippen LogP contribution is 2.01. The Balaban J connectivity index is 1.67. The largest absolute Gasteiger partial charge is 0.465 e. The molecule has 24 heavy (non-hydrogen) atoms. The van der Waals surface area contributed by atoms with Crippen molar-refractivity contribution in [1.29, 1.82) is 0 Å². The summed E-state index contributed by atoms with van der Waals surface area (Å²) in [4.78, 5) is 42.4. The second-order valence-corrected chi connectivity index (χ2v) is 4.93. The molecule has 122 valence electrons. The highest BCUT2D eigenvalue weighted by molar-refractivity contribution is 5.91. The van der Waals surface area contributed by atoms with Gasteiger partial charge in [0.15, 0.2) is 0 Å². The number of hydrogen-bond acceptors (Lipinski definition) is 5. The number of nitrogens with one attached hydrogen (secondary N) is 2. The molecule has 0 fully saturated rings. The number of furan rings is 1. The Labute approximate surface area is 135 Å². The molecule has 0 aromatic carbocycles. The number of aromatic amines is 1. The minimum atomic E-state index is -0.563. The number of rotatable bonds is 5. The maximum atomic E-state index is 12.3. The molecule has 0 aliphatic heterocycles. The first-order valence-corrected chi connectivity index (χ1v) is 7.22. The molecule has 3 rings (SSSR count). The van der Waals surface area contributed by atoms with E-state index in [1.807, 2.05) is 0 Å². The van der Waals surface area contributed by atoms with Crippen LogP contribution >= 0.6 is 0 Å². The zero-order valence-corrected chi connectivity index (χ0v) is 12.6. The third kappa shape index (κ3) is 3.32. The predicted molar refractivity (Wildman–Crippen MR) is 87.4 cm³/mol. The molecule has 0 saturated heterocycles. The fourth-order valence-corrected chi connectivity index (χ4v) is 2.18. The Morgan fingerprint density at radius 3 is 3.00 bits per heavy atom. The van der Waals surface area contributed by atoms with E-state index >= 15 is 0 Å². The van der Waals surface area contributed by atoms with Crippen molar-refractivity contribution in [2.24, 2.45) is 0 Å². The molecule has 0 spiro atoms. The van der Waals surface area contributed by atoms with E-state index in [0.717, 1.165) is 4.57 Å². The second kappa shape index (κ2) is 6.78. The van der Waals surface area contributed by atoms with E-state index < -0.39 is 11.2 Å². The van der Waals surface area contributed by atoms with Gasteiger partial charge in [-0.3, -0.25) is 19.1 Å². The summed E-state index contributed by atoms with van der Waals surface area (Å²) in [6.45, 7) is 0.190. The number of carbonyl (C=O) groups is 1. The van der Waals surface area contributed by atoms with Gasteiger partial charge in [-0.2, -0.15) is 0 Å². The highest BCUT2D eigenvalue weighted by Gasteiger charge is 2.07. The lowest BCUT2D eigenvalue weighted by atomic mass is 10.3. The van der Waals surface area contributed by atoms with Crippen molar-refractivity contribution in [2.75, 3.05) is 6.54 Å². The van der Waals surface area contributed by atoms with Crippen LogP contribution in [0.15, 0.2) is 56.8 Å².